The van der Waals surface area contributed by atoms with Crippen molar-refractivity contribution >= 4 is 0 Å². The summed E-state index contributed by atoms with van der Waals surface area (Å²) in [4.78, 5) is 0. The van der Waals surface area contributed by atoms with Crippen LogP contribution in [-0.2, 0) is 0 Å². The Hall–Kier alpha value is -0.620. The molecule has 0 aromatic heterocycles. The van der Waals surface area contributed by atoms with Crippen LogP contribution in [0.4, 0.5) is 8.78 Å². The van der Waals surface area contributed by atoms with E-state index in [4.69, 9.17) is 12.2 Å². The van der Waals surface area contributed by atoms with Gasteiger partial charge in [0, 0.05) is 12.8 Å². The second-order valence-corrected chi connectivity index (χ2v) is 3.16. The number of hydrogen-bond acceptors (Lipinski definition) is 1. The highest BCUT2D eigenvalue weighted by atomic mass is 19.3. The number of alkyl halides is 2. The van der Waals surface area contributed by atoms with Gasteiger partial charge in [-0.1, -0.05) is 5.92 Å². The monoisotopic (exact) mass is 159 g/mol. The Morgan fingerprint density at radius 3 is 2.00 bits per heavy atom. The molecule has 0 bridgehead atoms. The first-order chi connectivity index (χ1) is 4.97. The van der Waals surface area contributed by atoms with Crippen molar-refractivity contribution in [1.29, 1.82) is 0 Å². The van der Waals surface area contributed by atoms with E-state index in [9.17, 15) is 8.78 Å². The molecule has 11 heavy (non-hydrogen) atoms. The molecule has 0 aromatic carbocycles. The normalized spacial score (nSPS) is 27.5. The van der Waals surface area contributed by atoms with Crippen LogP contribution in [0.2, 0.25) is 0 Å². The van der Waals surface area contributed by atoms with Crippen LogP contribution in [0.25, 0.3) is 0 Å². The van der Waals surface area contributed by atoms with Gasteiger partial charge in [-0.05, 0) is 12.8 Å². The molecule has 1 aliphatic carbocycles. The standard InChI is InChI=1S/C8H11F2N/c1-2-7(11)3-5-8(9,10)6-4-7/h1H,3-6,11H2. The Morgan fingerprint density at radius 1 is 1.18 bits per heavy atom. The smallest absolute Gasteiger partial charge is 0.248 e. The number of rotatable bonds is 0. The lowest BCUT2D eigenvalue weighted by molar-refractivity contribution is -0.0439. The van der Waals surface area contributed by atoms with Gasteiger partial charge in [0.25, 0.3) is 0 Å². The van der Waals surface area contributed by atoms with Crippen molar-refractivity contribution in [3.63, 3.8) is 0 Å². The van der Waals surface area contributed by atoms with Crippen LogP contribution in [-0.4, -0.2) is 11.5 Å². The zero-order valence-electron chi connectivity index (χ0n) is 6.24. The predicted molar refractivity (Wildman–Crippen MR) is 39.2 cm³/mol. The summed E-state index contributed by atoms with van der Waals surface area (Å²) in [6.45, 7) is 0. The Kier molecular flexibility index (Phi) is 1.89. The molecule has 0 heterocycles. The van der Waals surface area contributed by atoms with E-state index >= 15 is 0 Å². The predicted octanol–water partition coefficient (Wildman–Crippen LogP) is 1.53. The zero-order valence-corrected chi connectivity index (χ0v) is 6.24. The van der Waals surface area contributed by atoms with Crippen LogP contribution >= 0.6 is 0 Å². The molecule has 62 valence electrons. The summed E-state index contributed by atoms with van der Waals surface area (Å²) >= 11 is 0. The van der Waals surface area contributed by atoms with Gasteiger partial charge in [0.15, 0.2) is 0 Å². The molecule has 0 aromatic rings. The fraction of sp³-hybridized carbons (Fsp3) is 0.750. The van der Waals surface area contributed by atoms with Crippen LogP contribution in [0.5, 0.6) is 0 Å². The zero-order chi connectivity index (χ0) is 8.54. The summed E-state index contributed by atoms with van der Waals surface area (Å²) in [6, 6.07) is 0. The van der Waals surface area contributed by atoms with E-state index in [0.717, 1.165) is 0 Å². The molecule has 0 saturated heterocycles. The first kappa shape index (κ1) is 8.48. The van der Waals surface area contributed by atoms with Crippen LogP contribution in [0, 0.1) is 12.3 Å². The van der Waals surface area contributed by atoms with Crippen molar-refractivity contribution in [2.75, 3.05) is 0 Å². The van der Waals surface area contributed by atoms with Crippen LogP contribution in [0.1, 0.15) is 25.7 Å². The van der Waals surface area contributed by atoms with E-state index in [1.165, 1.54) is 0 Å². The topological polar surface area (TPSA) is 26.0 Å². The summed E-state index contributed by atoms with van der Waals surface area (Å²) in [6.07, 6.45) is 5.23. The molecule has 1 nitrogen and oxygen atoms in total. The molecule has 0 atom stereocenters. The van der Waals surface area contributed by atoms with Gasteiger partial charge < -0.3 is 5.73 Å². The molecule has 3 heteroatoms. The third-order valence-corrected chi connectivity index (χ3v) is 2.16. The van der Waals surface area contributed by atoms with Crippen LogP contribution in [0.15, 0.2) is 0 Å². The van der Waals surface area contributed by atoms with Crippen LogP contribution < -0.4 is 5.73 Å². The van der Waals surface area contributed by atoms with E-state index in [1.54, 1.807) is 0 Å². The molecule has 2 N–H and O–H groups in total. The van der Waals surface area contributed by atoms with Gasteiger partial charge in [0.2, 0.25) is 5.92 Å². The minimum absolute atomic E-state index is 0.173. The average molecular weight is 159 g/mol. The second kappa shape index (κ2) is 2.46. The van der Waals surface area contributed by atoms with Gasteiger partial charge in [-0.25, -0.2) is 8.78 Å². The summed E-state index contributed by atoms with van der Waals surface area (Å²) in [5, 5.41) is 0. The van der Waals surface area contributed by atoms with Crippen molar-refractivity contribution in [1.82, 2.24) is 0 Å². The lowest BCUT2D eigenvalue weighted by Gasteiger charge is -2.32. The van der Waals surface area contributed by atoms with Gasteiger partial charge in [-0.3, -0.25) is 0 Å². The molecule has 1 fully saturated rings. The maximum atomic E-state index is 12.6. The first-order valence-electron chi connectivity index (χ1n) is 3.62. The fourth-order valence-electron chi connectivity index (χ4n) is 1.21. The second-order valence-electron chi connectivity index (χ2n) is 3.16. The third kappa shape index (κ3) is 1.90. The Labute approximate surface area is 65.0 Å². The number of halogens is 2. The Bertz CT molecular complexity index is 183. The molecule has 0 amide bonds. The Balaban J connectivity index is 2.56. The van der Waals surface area contributed by atoms with Crippen molar-refractivity contribution in [2.45, 2.75) is 37.1 Å². The fourth-order valence-corrected chi connectivity index (χ4v) is 1.21. The largest absolute Gasteiger partial charge is 0.315 e. The lowest BCUT2D eigenvalue weighted by atomic mass is 9.81. The molecule has 0 aliphatic heterocycles. The summed E-state index contributed by atoms with van der Waals surface area (Å²) in [5.41, 5.74) is 4.83. The molecule has 0 spiro atoms. The first-order valence-corrected chi connectivity index (χ1v) is 3.62. The maximum absolute atomic E-state index is 12.6. The molecular formula is C8H11F2N. The molecule has 1 aliphatic rings. The van der Waals surface area contributed by atoms with E-state index in [-0.39, 0.29) is 25.7 Å². The molecular weight excluding hydrogens is 148 g/mol. The summed E-state index contributed by atoms with van der Waals surface area (Å²) < 4.78 is 25.1. The van der Waals surface area contributed by atoms with Crippen molar-refractivity contribution in [3.8, 4) is 12.3 Å². The van der Waals surface area contributed by atoms with E-state index < -0.39 is 11.5 Å². The summed E-state index contributed by atoms with van der Waals surface area (Å²) in [7, 11) is 0. The highest BCUT2D eigenvalue weighted by Gasteiger charge is 2.40. The highest BCUT2D eigenvalue weighted by molar-refractivity contribution is 5.13. The number of nitrogens with two attached hydrogens (primary N) is 1. The maximum Gasteiger partial charge on any atom is 0.248 e. The van der Waals surface area contributed by atoms with Gasteiger partial charge >= 0.3 is 0 Å². The van der Waals surface area contributed by atoms with Gasteiger partial charge in [-0.15, -0.1) is 6.42 Å². The molecule has 1 rings (SSSR count). The Morgan fingerprint density at radius 2 is 1.64 bits per heavy atom. The van der Waals surface area contributed by atoms with E-state index in [1.807, 2.05) is 0 Å². The van der Waals surface area contributed by atoms with Crippen LogP contribution in [0.3, 0.4) is 0 Å². The van der Waals surface area contributed by atoms with Crippen molar-refractivity contribution < 1.29 is 8.78 Å². The van der Waals surface area contributed by atoms with Gasteiger partial charge in [-0.2, -0.15) is 0 Å². The number of terminal acetylenes is 1. The van der Waals surface area contributed by atoms with E-state index in [0.29, 0.717) is 0 Å². The SMILES string of the molecule is C#CC1(N)CCC(F)(F)CC1. The average Bonchev–Trinajstić information content (AvgIpc) is 1.97. The third-order valence-electron chi connectivity index (χ3n) is 2.16. The van der Waals surface area contributed by atoms with Gasteiger partial charge in [0.1, 0.15) is 0 Å². The minimum atomic E-state index is -2.54. The van der Waals surface area contributed by atoms with Crippen molar-refractivity contribution in [3.05, 3.63) is 0 Å². The minimum Gasteiger partial charge on any atom is -0.315 e. The van der Waals surface area contributed by atoms with Crippen molar-refractivity contribution in [2.24, 2.45) is 5.73 Å². The molecule has 0 radical (unpaired) electrons. The van der Waals surface area contributed by atoms with Gasteiger partial charge in [0.05, 0.1) is 5.54 Å². The van der Waals surface area contributed by atoms with E-state index in [2.05, 4.69) is 5.92 Å². The lowest BCUT2D eigenvalue weighted by Crippen LogP contribution is -2.44. The highest BCUT2D eigenvalue weighted by Crippen LogP contribution is 2.36. The molecule has 1 saturated carbocycles. The summed E-state index contributed by atoms with van der Waals surface area (Å²) in [5.74, 6) is -0.179. The quantitative estimate of drug-likeness (QED) is 0.533. The number of hydrogen-bond donors (Lipinski definition) is 1. The molecule has 0 unspecified atom stereocenters.